The molecule has 0 aliphatic heterocycles. The van der Waals surface area contributed by atoms with Crippen LogP contribution in [0.25, 0.3) is 17.0 Å². The number of nitrogens with one attached hydrogen (secondary N) is 1. The zero-order chi connectivity index (χ0) is 10.8. The lowest BCUT2D eigenvalue weighted by Gasteiger charge is -1.92. The van der Waals surface area contributed by atoms with E-state index in [9.17, 15) is 4.79 Å². The third kappa shape index (κ3) is 2.10. The Bertz CT molecular complexity index is 543. The summed E-state index contributed by atoms with van der Waals surface area (Å²) in [6.45, 7) is 0. The van der Waals surface area contributed by atoms with Crippen molar-refractivity contribution in [3.63, 3.8) is 0 Å². The standard InChI is InChI=1S/C11H9BrN2O/c12-8-2-3-9-7(1-4-11(13)15)6-14-10(9)5-8/h1-6,14H,(H2,13,15)/b4-1-. The van der Waals surface area contributed by atoms with Crippen LogP contribution in [0, 0.1) is 0 Å². The number of rotatable bonds is 2. The van der Waals surface area contributed by atoms with E-state index in [4.69, 9.17) is 5.73 Å². The van der Waals surface area contributed by atoms with Gasteiger partial charge in [0.15, 0.2) is 0 Å². The summed E-state index contributed by atoms with van der Waals surface area (Å²) in [6, 6.07) is 5.92. The molecule has 3 nitrogen and oxygen atoms in total. The maximum Gasteiger partial charge on any atom is 0.241 e. The zero-order valence-electron chi connectivity index (χ0n) is 7.83. The van der Waals surface area contributed by atoms with Gasteiger partial charge in [-0.15, -0.1) is 0 Å². The van der Waals surface area contributed by atoms with Gasteiger partial charge in [-0.2, -0.15) is 0 Å². The summed E-state index contributed by atoms with van der Waals surface area (Å²) in [5.41, 5.74) is 7.01. The number of benzene rings is 1. The second kappa shape index (κ2) is 3.90. The number of carbonyl (C=O) groups is 1. The van der Waals surface area contributed by atoms with E-state index in [0.717, 1.165) is 20.9 Å². The molecular weight excluding hydrogens is 256 g/mol. The molecule has 0 aliphatic rings. The molecule has 0 unspecified atom stereocenters. The average Bonchev–Trinajstić information content (AvgIpc) is 2.57. The van der Waals surface area contributed by atoms with Crippen molar-refractivity contribution in [1.29, 1.82) is 0 Å². The van der Waals surface area contributed by atoms with E-state index in [-0.39, 0.29) is 0 Å². The van der Waals surface area contributed by atoms with Crippen molar-refractivity contribution >= 4 is 38.8 Å². The third-order valence-corrected chi connectivity index (χ3v) is 2.60. The first-order chi connectivity index (χ1) is 7.16. The molecule has 1 amide bonds. The molecule has 0 bridgehead atoms. The molecule has 1 aromatic carbocycles. The highest BCUT2D eigenvalue weighted by molar-refractivity contribution is 9.10. The van der Waals surface area contributed by atoms with Crippen molar-refractivity contribution in [3.8, 4) is 0 Å². The van der Waals surface area contributed by atoms with Gasteiger partial charge in [-0.05, 0) is 23.8 Å². The fraction of sp³-hybridized carbons (Fsp3) is 0. The molecule has 3 N–H and O–H groups in total. The van der Waals surface area contributed by atoms with Gasteiger partial charge in [0.05, 0.1) is 0 Å². The maximum atomic E-state index is 10.6. The molecular formula is C11H9BrN2O. The van der Waals surface area contributed by atoms with E-state index in [1.165, 1.54) is 6.08 Å². The van der Waals surface area contributed by atoms with Crippen LogP contribution in [0.1, 0.15) is 5.56 Å². The van der Waals surface area contributed by atoms with Crippen molar-refractivity contribution in [3.05, 3.63) is 40.5 Å². The number of aromatic nitrogens is 1. The van der Waals surface area contributed by atoms with Crippen LogP contribution in [-0.4, -0.2) is 10.9 Å². The Morgan fingerprint density at radius 2 is 2.27 bits per heavy atom. The van der Waals surface area contributed by atoms with E-state index >= 15 is 0 Å². The van der Waals surface area contributed by atoms with Gasteiger partial charge in [0, 0.05) is 27.6 Å². The summed E-state index contributed by atoms with van der Waals surface area (Å²) in [6.07, 6.45) is 4.90. The van der Waals surface area contributed by atoms with Crippen molar-refractivity contribution in [1.82, 2.24) is 4.98 Å². The first-order valence-corrected chi connectivity index (χ1v) is 5.20. The lowest BCUT2D eigenvalue weighted by atomic mass is 10.1. The minimum Gasteiger partial charge on any atom is -0.366 e. The predicted molar refractivity (Wildman–Crippen MR) is 64.2 cm³/mol. The molecule has 2 aromatic rings. The number of hydrogen-bond acceptors (Lipinski definition) is 1. The molecule has 1 heterocycles. The quantitative estimate of drug-likeness (QED) is 0.805. The Morgan fingerprint density at radius 3 is 3.00 bits per heavy atom. The number of H-pyrrole nitrogens is 1. The van der Waals surface area contributed by atoms with Gasteiger partial charge >= 0.3 is 0 Å². The largest absolute Gasteiger partial charge is 0.366 e. The number of fused-ring (bicyclic) bond motifs is 1. The topological polar surface area (TPSA) is 58.9 Å². The van der Waals surface area contributed by atoms with E-state index in [1.54, 1.807) is 6.08 Å². The van der Waals surface area contributed by atoms with Crippen LogP contribution in [0.2, 0.25) is 0 Å². The normalized spacial score (nSPS) is 11.3. The highest BCUT2D eigenvalue weighted by atomic mass is 79.9. The zero-order valence-corrected chi connectivity index (χ0v) is 9.41. The number of halogens is 1. The van der Waals surface area contributed by atoms with Crippen molar-refractivity contribution < 1.29 is 4.79 Å². The van der Waals surface area contributed by atoms with Crippen molar-refractivity contribution in [2.45, 2.75) is 0 Å². The monoisotopic (exact) mass is 264 g/mol. The summed E-state index contributed by atoms with van der Waals surface area (Å²) < 4.78 is 1.02. The molecule has 0 atom stereocenters. The molecule has 0 fully saturated rings. The van der Waals surface area contributed by atoms with Gasteiger partial charge < -0.3 is 10.7 Å². The molecule has 4 heteroatoms. The molecule has 15 heavy (non-hydrogen) atoms. The summed E-state index contributed by atoms with van der Waals surface area (Å²) in [4.78, 5) is 13.7. The summed E-state index contributed by atoms with van der Waals surface area (Å²) >= 11 is 3.39. The highest BCUT2D eigenvalue weighted by Gasteiger charge is 2.00. The number of aromatic amines is 1. The second-order valence-electron chi connectivity index (χ2n) is 3.17. The number of amides is 1. The van der Waals surface area contributed by atoms with Crippen LogP contribution >= 0.6 is 15.9 Å². The molecule has 0 spiro atoms. The SMILES string of the molecule is NC(=O)/C=C\c1c[nH]c2cc(Br)ccc12. The number of carbonyl (C=O) groups excluding carboxylic acids is 1. The number of nitrogens with two attached hydrogens (primary N) is 1. The van der Waals surface area contributed by atoms with E-state index in [0.29, 0.717) is 0 Å². The van der Waals surface area contributed by atoms with Gasteiger partial charge in [0.1, 0.15) is 0 Å². The Balaban J connectivity index is 2.50. The van der Waals surface area contributed by atoms with E-state index in [2.05, 4.69) is 20.9 Å². The fourth-order valence-electron chi connectivity index (χ4n) is 1.43. The molecule has 76 valence electrons. The lowest BCUT2D eigenvalue weighted by molar-refractivity contribution is -0.113. The molecule has 0 aliphatic carbocycles. The Hall–Kier alpha value is -1.55. The molecule has 0 radical (unpaired) electrons. The predicted octanol–water partition coefficient (Wildman–Crippen LogP) is 2.43. The molecule has 0 saturated carbocycles. The van der Waals surface area contributed by atoms with Crippen LogP contribution in [0.4, 0.5) is 0 Å². The Labute approximate surface area is 95.1 Å². The molecule has 1 aromatic heterocycles. The number of hydrogen-bond donors (Lipinski definition) is 2. The van der Waals surface area contributed by atoms with Crippen LogP contribution < -0.4 is 5.73 Å². The van der Waals surface area contributed by atoms with Gasteiger partial charge in [-0.1, -0.05) is 22.0 Å². The Kier molecular flexibility index (Phi) is 2.60. The van der Waals surface area contributed by atoms with Gasteiger partial charge in [-0.25, -0.2) is 0 Å². The molecule has 2 rings (SSSR count). The van der Waals surface area contributed by atoms with E-state index < -0.39 is 5.91 Å². The fourth-order valence-corrected chi connectivity index (χ4v) is 1.79. The van der Waals surface area contributed by atoms with Crippen LogP contribution in [0.5, 0.6) is 0 Å². The number of primary amides is 1. The summed E-state index contributed by atoms with van der Waals surface area (Å²) in [5, 5.41) is 1.07. The highest BCUT2D eigenvalue weighted by Crippen LogP contribution is 2.22. The third-order valence-electron chi connectivity index (χ3n) is 2.10. The van der Waals surface area contributed by atoms with Crippen LogP contribution in [0.3, 0.4) is 0 Å². The second-order valence-corrected chi connectivity index (χ2v) is 4.09. The minimum absolute atomic E-state index is 0.443. The van der Waals surface area contributed by atoms with Crippen LogP contribution in [0.15, 0.2) is 34.9 Å². The average molecular weight is 265 g/mol. The maximum absolute atomic E-state index is 10.6. The van der Waals surface area contributed by atoms with Crippen LogP contribution in [-0.2, 0) is 4.79 Å². The lowest BCUT2D eigenvalue weighted by Crippen LogP contribution is -2.04. The molecule has 0 saturated heterocycles. The summed E-state index contributed by atoms with van der Waals surface area (Å²) in [7, 11) is 0. The van der Waals surface area contributed by atoms with Crippen molar-refractivity contribution in [2.24, 2.45) is 5.73 Å². The summed E-state index contributed by atoms with van der Waals surface area (Å²) in [5.74, 6) is -0.443. The van der Waals surface area contributed by atoms with Gasteiger partial charge in [0.25, 0.3) is 0 Å². The van der Waals surface area contributed by atoms with Crippen molar-refractivity contribution in [2.75, 3.05) is 0 Å². The van der Waals surface area contributed by atoms with Gasteiger partial charge in [-0.3, -0.25) is 4.79 Å². The smallest absolute Gasteiger partial charge is 0.241 e. The van der Waals surface area contributed by atoms with E-state index in [1.807, 2.05) is 24.4 Å². The van der Waals surface area contributed by atoms with Gasteiger partial charge in [0.2, 0.25) is 5.91 Å². The minimum atomic E-state index is -0.443. The first kappa shape index (κ1) is 9.98. The Morgan fingerprint density at radius 1 is 1.47 bits per heavy atom. The first-order valence-electron chi connectivity index (χ1n) is 4.41.